The van der Waals surface area contributed by atoms with E-state index in [-0.39, 0.29) is 15.6 Å². The van der Waals surface area contributed by atoms with Gasteiger partial charge < -0.3 is 5.32 Å². The van der Waals surface area contributed by atoms with Crippen LogP contribution in [0, 0.1) is 0 Å². The van der Waals surface area contributed by atoms with Crippen LogP contribution in [-0.4, -0.2) is 15.5 Å². The maximum absolute atomic E-state index is 12.7. The molecule has 2 aromatic carbocycles. The third-order valence-corrected chi connectivity index (χ3v) is 9.60. The summed E-state index contributed by atoms with van der Waals surface area (Å²) >= 11 is 26.9. The highest BCUT2D eigenvalue weighted by molar-refractivity contribution is 7.99. The van der Waals surface area contributed by atoms with Crippen LogP contribution >= 0.6 is 58.2 Å². The average Bonchev–Trinajstić information content (AvgIpc) is 3.30. The summed E-state index contributed by atoms with van der Waals surface area (Å²) in [4.78, 5) is 13.8. The zero-order chi connectivity index (χ0) is 30.2. The molecule has 0 fully saturated rings. The van der Waals surface area contributed by atoms with Crippen LogP contribution in [-0.2, 0) is 0 Å². The predicted octanol–water partition coefficient (Wildman–Crippen LogP) is 12.9. The van der Waals surface area contributed by atoms with Gasteiger partial charge in [0, 0.05) is 16.0 Å². The minimum absolute atomic E-state index is 0.272. The fraction of sp³-hybridized carbons (Fsp3) is 0.545. The van der Waals surface area contributed by atoms with Gasteiger partial charge in [-0.05, 0) is 42.5 Å². The zero-order valence-corrected chi connectivity index (χ0v) is 28.6. The molecule has 3 aromatic rings. The molecule has 0 unspecified atom stereocenters. The third kappa shape index (κ3) is 12.4. The fourth-order valence-corrected chi connectivity index (χ4v) is 7.15. The van der Waals surface area contributed by atoms with Gasteiger partial charge in [0.2, 0.25) is 0 Å². The Balaban J connectivity index is 1.31. The number of anilines is 2. The number of nitrogens with zero attached hydrogens (tertiary/aromatic N) is 1. The van der Waals surface area contributed by atoms with E-state index in [0.29, 0.717) is 21.6 Å². The van der Waals surface area contributed by atoms with Crippen molar-refractivity contribution in [3.8, 4) is 5.69 Å². The van der Waals surface area contributed by atoms with E-state index in [0.717, 1.165) is 16.3 Å². The number of benzene rings is 2. The van der Waals surface area contributed by atoms with E-state index in [1.807, 2.05) is 30.0 Å². The van der Waals surface area contributed by atoms with Crippen LogP contribution in [0.4, 0.5) is 11.5 Å². The van der Waals surface area contributed by atoms with Crippen molar-refractivity contribution in [1.82, 2.24) is 9.78 Å². The first kappa shape index (κ1) is 35.2. The molecule has 0 amide bonds. The Bertz CT molecular complexity index is 1250. The molecule has 4 nitrogen and oxygen atoms in total. The molecule has 0 aliphatic carbocycles. The van der Waals surface area contributed by atoms with Gasteiger partial charge in [-0.2, -0.15) is 0 Å². The SMILES string of the molecule is CCCCCCCCCCCCCCCCCCSc1ccc(Cl)c(Nc2cc(=O)n(-c3c(Cl)cc(Cl)cc3Cl)[nH]2)c1. The lowest BCUT2D eigenvalue weighted by Crippen LogP contribution is -2.14. The standard InChI is InChI=1S/C33H45Cl4N3OS/c1-2-3-4-5-6-7-8-9-10-11-12-13-14-15-16-17-20-42-26-18-19-27(35)30(23-26)38-31-24-32(41)40(39-31)33-28(36)21-25(34)22-29(33)37/h18-19,21-24,38-39H,2-17,20H2,1H3. The summed E-state index contributed by atoms with van der Waals surface area (Å²) < 4.78 is 1.28. The maximum Gasteiger partial charge on any atom is 0.273 e. The monoisotopic (exact) mass is 671 g/mol. The van der Waals surface area contributed by atoms with Crippen LogP contribution in [0.1, 0.15) is 110 Å². The molecule has 2 N–H and O–H groups in total. The van der Waals surface area contributed by atoms with Crippen LogP contribution in [0.5, 0.6) is 0 Å². The van der Waals surface area contributed by atoms with Gasteiger partial charge in [-0.25, -0.2) is 4.68 Å². The molecule has 42 heavy (non-hydrogen) atoms. The van der Waals surface area contributed by atoms with Crippen LogP contribution in [0.3, 0.4) is 0 Å². The van der Waals surface area contributed by atoms with Crippen LogP contribution in [0.2, 0.25) is 20.1 Å². The Hall–Kier alpha value is -1.24. The molecule has 0 spiro atoms. The highest BCUT2D eigenvalue weighted by atomic mass is 35.5. The Morgan fingerprint density at radius 2 is 1.21 bits per heavy atom. The second-order valence-electron chi connectivity index (χ2n) is 11.0. The molecule has 0 aliphatic rings. The summed E-state index contributed by atoms with van der Waals surface area (Å²) in [6.07, 6.45) is 22.0. The van der Waals surface area contributed by atoms with Crippen molar-refractivity contribution in [2.24, 2.45) is 0 Å². The van der Waals surface area contributed by atoms with E-state index in [1.54, 1.807) is 12.1 Å². The Labute approximate surface area is 276 Å². The molecule has 3 rings (SSSR count). The molecule has 0 saturated carbocycles. The molecular formula is C33H45Cl4N3OS. The zero-order valence-electron chi connectivity index (χ0n) is 24.8. The molecule has 1 heterocycles. The van der Waals surface area contributed by atoms with Gasteiger partial charge in [0.1, 0.15) is 11.5 Å². The minimum Gasteiger partial charge on any atom is -0.339 e. The van der Waals surface area contributed by atoms with E-state index < -0.39 is 0 Å². The molecule has 1 aromatic heterocycles. The van der Waals surface area contributed by atoms with E-state index in [2.05, 4.69) is 17.3 Å². The third-order valence-electron chi connectivity index (χ3n) is 7.40. The van der Waals surface area contributed by atoms with Crippen molar-refractivity contribution in [3.63, 3.8) is 0 Å². The first-order chi connectivity index (χ1) is 20.4. The smallest absolute Gasteiger partial charge is 0.273 e. The number of H-pyrrole nitrogens is 1. The van der Waals surface area contributed by atoms with Crippen molar-refractivity contribution in [3.05, 3.63) is 66.8 Å². The van der Waals surface area contributed by atoms with E-state index >= 15 is 0 Å². The van der Waals surface area contributed by atoms with Gasteiger partial charge in [-0.3, -0.25) is 9.89 Å². The number of halogens is 4. The summed E-state index contributed by atoms with van der Waals surface area (Å²) in [6.45, 7) is 2.28. The first-order valence-electron chi connectivity index (χ1n) is 15.6. The predicted molar refractivity (Wildman–Crippen MR) is 186 cm³/mol. The van der Waals surface area contributed by atoms with Crippen LogP contribution in [0.15, 0.2) is 46.1 Å². The highest BCUT2D eigenvalue weighted by Gasteiger charge is 2.15. The lowest BCUT2D eigenvalue weighted by Gasteiger charge is -2.10. The van der Waals surface area contributed by atoms with Crippen molar-refractivity contribution in [1.29, 1.82) is 0 Å². The van der Waals surface area contributed by atoms with E-state index in [4.69, 9.17) is 46.4 Å². The summed E-state index contributed by atoms with van der Waals surface area (Å²) in [6, 6.07) is 10.4. The first-order valence-corrected chi connectivity index (χ1v) is 18.0. The lowest BCUT2D eigenvalue weighted by atomic mass is 10.0. The topological polar surface area (TPSA) is 49.8 Å². The number of rotatable bonds is 21. The van der Waals surface area contributed by atoms with Crippen LogP contribution in [0.25, 0.3) is 5.69 Å². The molecule has 232 valence electrons. The quantitative estimate of drug-likeness (QED) is 0.0874. The van der Waals surface area contributed by atoms with Crippen molar-refractivity contribution < 1.29 is 0 Å². The summed E-state index contributed by atoms with van der Waals surface area (Å²) in [5.74, 6) is 1.55. The number of unbranched alkanes of at least 4 members (excludes halogenated alkanes) is 15. The van der Waals surface area contributed by atoms with Crippen molar-refractivity contribution >= 4 is 69.7 Å². The highest BCUT2D eigenvalue weighted by Crippen LogP contribution is 2.33. The van der Waals surface area contributed by atoms with Gasteiger partial charge in [-0.1, -0.05) is 150 Å². The Morgan fingerprint density at radius 3 is 1.76 bits per heavy atom. The fourth-order valence-electron chi connectivity index (χ4n) is 5.05. The number of hydrogen-bond acceptors (Lipinski definition) is 3. The second-order valence-corrected chi connectivity index (χ2v) is 13.8. The summed E-state index contributed by atoms with van der Waals surface area (Å²) in [5, 5.41) is 7.74. The maximum atomic E-state index is 12.7. The lowest BCUT2D eigenvalue weighted by molar-refractivity contribution is 0.531. The number of thioether (sulfide) groups is 1. The molecule has 0 bridgehead atoms. The number of aromatic amines is 1. The van der Waals surface area contributed by atoms with E-state index in [9.17, 15) is 4.79 Å². The van der Waals surface area contributed by atoms with Crippen molar-refractivity contribution in [2.45, 2.75) is 115 Å². The van der Waals surface area contributed by atoms with Crippen LogP contribution < -0.4 is 10.9 Å². The normalized spacial score (nSPS) is 11.4. The van der Waals surface area contributed by atoms with E-state index in [1.165, 1.54) is 113 Å². The molecular weight excluding hydrogens is 628 g/mol. The summed E-state index contributed by atoms with van der Waals surface area (Å²) in [5.41, 5.74) is 0.749. The second kappa shape index (κ2) is 19.9. The van der Waals surface area contributed by atoms with Crippen molar-refractivity contribution in [2.75, 3.05) is 11.1 Å². The largest absolute Gasteiger partial charge is 0.339 e. The number of nitrogens with one attached hydrogen (secondary N) is 2. The number of hydrogen-bond donors (Lipinski definition) is 2. The molecule has 0 radical (unpaired) electrons. The van der Waals surface area contributed by atoms with Gasteiger partial charge >= 0.3 is 0 Å². The number of aromatic nitrogens is 2. The van der Waals surface area contributed by atoms with Gasteiger partial charge in [0.25, 0.3) is 5.56 Å². The van der Waals surface area contributed by atoms with Gasteiger partial charge in [-0.15, -0.1) is 11.8 Å². The minimum atomic E-state index is -0.311. The molecule has 0 saturated heterocycles. The average molecular weight is 674 g/mol. The molecule has 0 atom stereocenters. The van der Waals surface area contributed by atoms with Gasteiger partial charge in [0.15, 0.2) is 0 Å². The Morgan fingerprint density at radius 1 is 0.690 bits per heavy atom. The Kier molecular flexibility index (Phi) is 16.7. The molecule has 9 heteroatoms. The van der Waals surface area contributed by atoms with Gasteiger partial charge in [0.05, 0.1) is 20.8 Å². The molecule has 0 aliphatic heterocycles. The summed E-state index contributed by atoms with van der Waals surface area (Å²) in [7, 11) is 0.